The van der Waals surface area contributed by atoms with Crippen molar-refractivity contribution in [3.8, 4) is 0 Å². The van der Waals surface area contributed by atoms with Crippen LogP contribution in [0.1, 0.15) is 30.6 Å². The normalized spacial score (nSPS) is 10.6. The zero-order valence-electron chi connectivity index (χ0n) is 8.95. The van der Waals surface area contributed by atoms with Crippen LogP contribution in [0.5, 0.6) is 0 Å². The van der Waals surface area contributed by atoms with Gasteiger partial charge in [-0.3, -0.25) is 9.89 Å². The highest BCUT2D eigenvalue weighted by atomic mass is 16.2. The van der Waals surface area contributed by atoms with E-state index in [-0.39, 0.29) is 5.91 Å². The second kappa shape index (κ2) is 4.79. The number of hydrogen-bond donors (Lipinski definition) is 1. The molecule has 4 heteroatoms. The molecule has 0 fully saturated rings. The summed E-state index contributed by atoms with van der Waals surface area (Å²) in [4.78, 5) is 13.4. The van der Waals surface area contributed by atoms with Gasteiger partial charge in [0.05, 0.1) is 11.8 Å². The molecule has 14 heavy (non-hydrogen) atoms. The quantitative estimate of drug-likeness (QED) is 0.792. The maximum atomic E-state index is 11.7. The fraction of sp³-hybridized carbons (Fsp3) is 0.600. The molecule has 4 nitrogen and oxygen atoms in total. The van der Waals surface area contributed by atoms with Crippen molar-refractivity contribution in [2.75, 3.05) is 13.6 Å². The van der Waals surface area contributed by atoms with Crippen molar-refractivity contribution < 1.29 is 4.79 Å². The van der Waals surface area contributed by atoms with Crippen LogP contribution in [0.4, 0.5) is 0 Å². The summed E-state index contributed by atoms with van der Waals surface area (Å²) in [6.07, 6.45) is 4.20. The number of H-pyrrole nitrogens is 1. The van der Waals surface area contributed by atoms with Gasteiger partial charge in [0, 0.05) is 19.8 Å². The second-order valence-electron chi connectivity index (χ2n) is 3.90. The number of carbonyl (C=O) groups is 1. The molecule has 0 unspecified atom stereocenters. The van der Waals surface area contributed by atoms with E-state index in [0.717, 1.165) is 13.0 Å². The van der Waals surface area contributed by atoms with Gasteiger partial charge in [-0.1, -0.05) is 13.8 Å². The van der Waals surface area contributed by atoms with Gasteiger partial charge >= 0.3 is 0 Å². The van der Waals surface area contributed by atoms with Gasteiger partial charge in [-0.15, -0.1) is 0 Å². The van der Waals surface area contributed by atoms with Crippen LogP contribution in [-0.2, 0) is 0 Å². The number of nitrogens with one attached hydrogen (secondary N) is 1. The van der Waals surface area contributed by atoms with E-state index in [0.29, 0.717) is 11.5 Å². The van der Waals surface area contributed by atoms with Crippen molar-refractivity contribution in [1.82, 2.24) is 15.1 Å². The predicted octanol–water partition coefficient (Wildman–Crippen LogP) is 1.53. The van der Waals surface area contributed by atoms with Gasteiger partial charge < -0.3 is 4.90 Å². The Morgan fingerprint density at radius 2 is 2.36 bits per heavy atom. The summed E-state index contributed by atoms with van der Waals surface area (Å²) in [5, 5.41) is 6.38. The highest BCUT2D eigenvalue weighted by Gasteiger charge is 2.12. The third-order valence-electron chi connectivity index (χ3n) is 2.13. The van der Waals surface area contributed by atoms with Crippen molar-refractivity contribution >= 4 is 5.91 Å². The monoisotopic (exact) mass is 195 g/mol. The lowest BCUT2D eigenvalue weighted by atomic mass is 10.1. The summed E-state index contributed by atoms with van der Waals surface area (Å²) in [5.41, 5.74) is 0.622. The molecule has 0 radical (unpaired) electrons. The van der Waals surface area contributed by atoms with Crippen LogP contribution < -0.4 is 0 Å². The zero-order chi connectivity index (χ0) is 10.6. The van der Waals surface area contributed by atoms with E-state index in [9.17, 15) is 4.79 Å². The molecule has 1 N–H and O–H groups in total. The smallest absolute Gasteiger partial charge is 0.256 e. The Morgan fingerprint density at radius 1 is 1.64 bits per heavy atom. The Labute approximate surface area is 84.3 Å². The third kappa shape index (κ3) is 2.87. The van der Waals surface area contributed by atoms with E-state index in [4.69, 9.17) is 0 Å². The SMILES string of the molecule is CC(C)CCN(C)C(=O)c1cn[nH]c1. The number of nitrogens with zero attached hydrogens (tertiary/aromatic N) is 2. The van der Waals surface area contributed by atoms with Crippen LogP contribution in [0.3, 0.4) is 0 Å². The van der Waals surface area contributed by atoms with Crippen molar-refractivity contribution in [2.45, 2.75) is 20.3 Å². The van der Waals surface area contributed by atoms with Crippen LogP contribution in [0, 0.1) is 5.92 Å². The highest BCUT2D eigenvalue weighted by molar-refractivity contribution is 5.93. The lowest BCUT2D eigenvalue weighted by Crippen LogP contribution is -2.28. The predicted molar refractivity (Wildman–Crippen MR) is 55.0 cm³/mol. The maximum absolute atomic E-state index is 11.7. The molecule has 0 saturated carbocycles. The summed E-state index contributed by atoms with van der Waals surface area (Å²) in [6.45, 7) is 5.09. The Hall–Kier alpha value is -1.32. The molecule has 0 aliphatic carbocycles. The zero-order valence-corrected chi connectivity index (χ0v) is 8.95. The summed E-state index contributed by atoms with van der Waals surface area (Å²) < 4.78 is 0. The fourth-order valence-electron chi connectivity index (χ4n) is 1.14. The van der Waals surface area contributed by atoms with Gasteiger partial charge in [-0.05, 0) is 12.3 Å². The molecule has 0 aromatic carbocycles. The van der Waals surface area contributed by atoms with Gasteiger partial charge in [0.1, 0.15) is 0 Å². The number of aromatic nitrogens is 2. The van der Waals surface area contributed by atoms with Gasteiger partial charge in [0.2, 0.25) is 0 Å². The highest BCUT2D eigenvalue weighted by Crippen LogP contribution is 2.04. The summed E-state index contributed by atoms with van der Waals surface area (Å²) >= 11 is 0. The van der Waals surface area contributed by atoms with Crippen molar-refractivity contribution in [1.29, 1.82) is 0 Å². The standard InChI is InChI=1S/C10H17N3O/c1-8(2)4-5-13(3)10(14)9-6-11-12-7-9/h6-8H,4-5H2,1-3H3,(H,11,12). The number of carbonyl (C=O) groups excluding carboxylic acids is 1. The van der Waals surface area contributed by atoms with Crippen LogP contribution >= 0.6 is 0 Å². The van der Waals surface area contributed by atoms with Gasteiger partial charge in [-0.2, -0.15) is 5.10 Å². The molecule has 1 amide bonds. The molecule has 1 heterocycles. The number of amides is 1. The van der Waals surface area contributed by atoms with E-state index in [1.807, 2.05) is 7.05 Å². The van der Waals surface area contributed by atoms with E-state index in [2.05, 4.69) is 24.0 Å². The van der Waals surface area contributed by atoms with Gasteiger partial charge in [0.15, 0.2) is 0 Å². The first kappa shape index (κ1) is 10.8. The van der Waals surface area contributed by atoms with Crippen LogP contribution in [0.2, 0.25) is 0 Å². The molecule has 0 saturated heterocycles. The molecule has 1 aromatic rings. The Morgan fingerprint density at radius 3 is 2.86 bits per heavy atom. The maximum Gasteiger partial charge on any atom is 0.256 e. The van der Waals surface area contributed by atoms with E-state index < -0.39 is 0 Å². The Balaban J connectivity index is 2.45. The minimum atomic E-state index is 0.0272. The number of aromatic amines is 1. The molecule has 1 aromatic heterocycles. The van der Waals surface area contributed by atoms with Gasteiger partial charge in [-0.25, -0.2) is 0 Å². The average molecular weight is 195 g/mol. The Bertz CT molecular complexity index is 280. The van der Waals surface area contributed by atoms with Gasteiger partial charge in [0.25, 0.3) is 5.91 Å². The second-order valence-corrected chi connectivity index (χ2v) is 3.90. The number of rotatable bonds is 4. The number of hydrogen-bond acceptors (Lipinski definition) is 2. The molecular weight excluding hydrogens is 178 g/mol. The largest absolute Gasteiger partial charge is 0.342 e. The minimum absolute atomic E-state index is 0.0272. The van der Waals surface area contributed by atoms with Crippen molar-refractivity contribution in [3.05, 3.63) is 18.0 Å². The third-order valence-corrected chi connectivity index (χ3v) is 2.13. The first-order chi connectivity index (χ1) is 6.61. The van der Waals surface area contributed by atoms with Crippen molar-refractivity contribution in [2.24, 2.45) is 5.92 Å². The van der Waals surface area contributed by atoms with Crippen LogP contribution in [-0.4, -0.2) is 34.6 Å². The Kier molecular flexibility index (Phi) is 3.68. The van der Waals surface area contributed by atoms with Crippen LogP contribution in [0.25, 0.3) is 0 Å². The summed E-state index contributed by atoms with van der Waals surface area (Å²) in [7, 11) is 1.82. The summed E-state index contributed by atoms with van der Waals surface area (Å²) in [5.74, 6) is 0.647. The molecule has 0 spiro atoms. The first-order valence-corrected chi connectivity index (χ1v) is 4.85. The molecule has 0 aliphatic heterocycles. The average Bonchev–Trinajstić information content (AvgIpc) is 2.65. The lowest BCUT2D eigenvalue weighted by Gasteiger charge is -2.17. The molecule has 0 aliphatic rings. The lowest BCUT2D eigenvalue weighted by molar-refractivity contribution is 0.0789. The van der Waals surface area contributed by atoms with E-state index in [1.54, 1.807) is 17.3 Å². The van der Waals surface area contributed by atoms with E-state index in [1.165, 1.54) is 0 Å². The molecule has 1 rings (SSSR count). The molecule has 0 atom stereocenters. The molecule has 0 bridgehead atoms. The van der Waals surface area contributed by atoms with E-state index >= 15 is 0 Å². The molecular formula is C10H17N3O. The van der Waals surface area contributed by atoms with Crippen LogP contribution in [0.15, 0.2) is 12.4 Å². The van der Waals surface area contributed by atoms with Crippen molar-refractivity contribution in [3.63, 3.8) is 0 Å². The summed E-state index contributed by atoms with van der Waals surface area (Å²) in [6, 6.07) is 0. The topological polar surface area (TPSA) is 49.0 Å². The fourth-order valence-corrected chi connectivity index (χ4v) is 1.14. The minimum Gasteiger partial charge on any atom is -0.342 e. The molecule has 78 valence electrons. The first-order valence-electron chi connectivity index (χ1n) is 4.85.